The first-order chi connectivity index (χ1) is 13.7. The van der Waals surface area contributed by atoms with Gasteiger partial charge >= 0.3 is 19.2 Å². The summed E-state index contributed by atoms with van der Waals surface area (Å²) in [5.74, 6) is -1.12. The summed E-state index contributed by atoms with van der Waals surface area (Å²) < 4.78 is 17.2. The van der Waals surface area contributed by atoms with Crippen LogP contribution in [0.5, 0.6) is 0 Å². The monoisotopic (exact) mass is 417 g/mol. The molecular formula is C22H32BNO6. The van der Waals surface area contributed by atoms with Crippen molar-refractivity contribution >= 4 is 30.7 Å². The molecule has 8 heteroatoms. The van der Waals surface area contributed by atoms with Crippen LogP contribution in [0, 0.1) is 0 Å². The molecule has 1 saturated heterocycles. The van der Waals surface area contributed by atoms with Gasteiger partial charge in [-0.2, -0.15) is 0 Å². The first-order valence-corrected chi connectivity index (χ1v) is 10.0. The molecule has 1 aromatic rings. The number of carbonyl (C=O) groups excluding carboxylic acids is 1. The molecule has 0 spiro atoms. The van der Waals surface area contributed by atoms with Gasteiger partial charge in [-0.05, 0) is 65.9 Å². The molecule has 0 bridgehead atoms. The van der Waals surface area contributed by atoms with Gasteiger partial charge < -0.3 is 24.5 Å². The zero-order chi connectivity index (χ0) is 22.7. The maximum absolute atomic E-state index is 11.8. The highest BCUT2D eigenvalue weighted by Gasteiger charge is 2.51. The van der Waals surface area contributed by atoms with Crippen LogP contribution in [0.25, 0.3) is 6.08 Å². The van der Waals surface area contributed by atoms with E-state index in [-0.39, 0.29) is 6.42 Å². The molecule has 1 fully saturated rings. The van der Waals surface area contributed by atoms with Gasteiger partial charge in [-0.15, -0.1) is 0 Å². The predicted octanol–water partition coefficient (Wildman–Crippen LogP) is 3.37. The molecule has 164 valence electrons. The highest BCUT2D eigenvalue weighted by Crippen LogP contribution is 2.36. The number of carboxylic acids is 1. The molecule has 30 heavy (non-hydrogen) atoms. The van der Waals surface area contributed by atoms with Crippen molar-refractivity contribution in [2.75, 3.05) is 0 Å². The number of nitrogens with one attached hydrogen (secondary N) is 1. The largest absolute Gasteiger partial charge is 0.494 e. The average molecular weight is 417 g/mol. The van der Waals surface area contributed by atoms with Crippen molar-refractivity contribution in [2.45, 2.75) is 77.7 Å². The Morgan fingerprint density at radius 3 is 2.13 bits per heavy atom. The summed E-state index contributed by atoms with van der Waals surface area (Å²) in [6.45, 7) is 13.2. The van der Waals surface area contributed by atoms with E-state index >= 15 is 0 Å². The van der Waals surface area contributed by atoms with E-state index in [0.29, 0.717) is 0 Å². The topological polar surface area (TPSA) is 94.1 Å². The fourth-order valence-electron chi connectivity index (χ4n) is 2.75. The zero-order valence-corrected chi connectivity index (χ0v) is 18.8. The van der Waals surface area contributed by atoms with Crippen molar-refractivity contribution < 1.29 is 28.7 Å². The van der Waals surface area contributed by atoms with Crippen LogP contribution in [-0.4, -0.2) is 47.1 Å². The van der Waals surface area contributed by atoms with E-state index in [4.69, 9.17) is 14.0 Å². The van der Waals surface area contributed by atoms with Crippen LogP contribution in [0.1, 0.15) is 60.5 Å². The van der Waals surface area contributed by atoms with Crippen LogP contribution in [0.3, 0.4) is 0 Å². The number of rotatable bonds is 6. The standard InChI is InChI=1S/C22H32BNO6/c1-20(2,3)28-19(27)24-17(18(25)26)10-8-9-15-11-13-16(14-12-15)23-29-21(4,5)22(6,7)30-23/h8-9,11-14,17H,10H2,1-7H3,(H,24,27)(H,25,26)/t17-/m0/s1. The Balaban J connectivity index is 1.96. The van der Waals surface area contributed by atoms with E-state index in [1.165, 1.54) is 0 Å². The molecule has 0 aromatic heterocycles. The maximum atomic E-state index is 11.8. The first kappa shape index (κ1) is 24.0. The summed E-state index contributed by atoms with van der Waals surface area (Å²) >= 11 is 0. The first-order valence-electron chi connectivity index (χ1n) is 10.0. The number of alkyl carbamates (subject to hydrolysis) is 1. The fraction of sp³-hybridized carbons (Fsp3) is 0.545. The van der Waals surface area contributed by atoms with Gasteiger partial charge in [0.05, 0.1) is 11.2 Å². The zero-order valence-electron chi connectivity index (χ0n) is 18.8. The lowest BCUT2D eigenvalue weighted by atomic mass is 9.79. The van der Waals surface area contributed by atoms with Gasteiger partial charge in [0.2, 0.25) is 0 Å². The number of carbonyl (C=O) groups is 2. The Morgan fingerprint density at radius 2 is 1.67 bits per heavy atom. The van der Waals surface area contributed by atoms with Gasteiger partial charge in [0.15, 0.2) is 0 Å². The van der Waals surface area contributed by atoms with Gasteiger partial charge in [-0.25, -0.2) is 9.59 Å². The molecule has 1 aliphatic rings. The summed E-state index contributed by atoms with van der Waals surface area (Å²) in [5, 5.41) is 11.7. The van der Waals surface area contributed by atoms with E-state index in [0.717, 1.165) is 11.0 Å². The Morgan fingerprint density at radius 1 is 1.13 bits per heavy atom. The number of aliphatic carboxylic acids is 1. The third-order valence-corrected chi connectivity index (χ3v) is 5.13. The lowest BCUT2D eigenvalue weighted by molar-refractivity contribution is -0.139. The molecule has 0 saturated carbocycles. The minimum absolute atomic E-state index is 0.132. The smallest absolute Gasteiger partial charge is 0.480 e. The number of hydrogen-bond acceptors (Lipinski definition) is 5. The predicted molar refractivity (Wildman–Crippen MR) is 117 cm³/mol. The van der Waals surface area contributed by atoms with Crippen molar-refractivity contribution in [3.05, 3.63) is 35.9 Å². The molecule has 0 unspecified atom stereocenters. The van der Waals surface area contributed by atoms with E-state index in [1.54, 1.807) is 32.9 Å². The Bertz CT molecular complexity index is 779. The molecule has 2 N–H and O–H groups in total. The molecule has 1 atom stereocenters. The molecule has 0 aliphatic carbocycles. The van der Waals surface area contributed by atoms with Gasteiger partial charge in [0, 0.05) is 0 Å². The van der Waals surface area contributed by atoms with Crippen molar-refractivity contribution in [3.8, 4) is 0 Å². The highest BCUT2D eigenvalue weighted by atomic mass is 16.7. The minimum atomic E-state index is -1.12. The van der Waals surface area contributed by atoms with Crippen LogP contribution >= 0.6 is 0 Å². The van der Waals surface area contributed by atoms with E-state index in [2.05, 4.69) is 5.32 Å². The lowest BCUT2D eigenvalue weighted by Gasteiger charge is -2.32. The summed E-state index contributed by atoms with van der Waals surface area (Å²) in [6.07, 6.45) is 2.89. The van der Waals surface area contributed by atoms with Crippen LogP contribution in [0.15, 0.2) is 30.3 Å². The van der Waals surface area contributed by atoms with Gasteiger partial charge in [-0.1, -0.05) is 36.4 Å². The van der Waals surface area contributed by atoms with E-state index in [9.17, 15) is 14.7 Å². The van der Waals surface area contributed by atoms with Crippen molar-refractivity contribution in [1.29, 1.82) is 0 Å². The van der Waals surface area contributed by atoms with Gasteiger partial charge in [0.1, 0.15) is 11.6 Å². The molecular weight excluding hydrogens is 385 g/mol. The number of ether oxygens (including phenoxy) is 1. The van der Waals surface area contributed by atoms with Gasteiger partial charge in [-0.3, -0.25) is 0 Å². The Labute approximate surface area is 178 Å². The third-order valence-electron chi connectivity index (χ3n) is 5.13. The van der Waals surface area contributed by atoms with Crippen molar-refractivity contribution in [1.82, 2.24) is 5.32 Å². The fourth-order valence-corrected chi connectivity index (χ4v) is 2.75. The molecule has 1 aromatic carbocycles. The van der Waals surface area contributed by atoms with Crippen LogP contribution in [0.4, 0.5) is 4.79 Å². The summed E-state index contributed by atoms with van der Waals surface area (Å²) in [6, 6.07) is 6.60. The SMILES string of the molecule is CC(C)(C)OC(=O)N[C@@H](CC=Cc1ccc(B2OC(C)(C)C(C)(C)O2)cc1)C(=O)O. The Hall–Kier alpha value is -2.32. The van der Waals surface area contributed by atoms with Gasteiger partial charge in [0.25, 0.3) is 0 Å². The van der Waals surface area contributed by atoms with E-state index < -0.39 is 42.0 Å². The minimum Gasteiger partial charge on any atom is -0.480 e. The second-order valence-electron chi connectivity index (χ2n) is 9.43. The third kappa shape index (κ3) is 6.34. The second kappa shape index (κ2) is 8.82. The maximum Gasteiger partial charge on any atom is 0.494 e. The summed E-state index contributed by atoms with van der Waals surface area (Å²) in [4.78, 5) is 23.2. The molecule has 1 aliphatic heterocycles. The molecule has 1 amide bonds. The molecule has 2 rings (SSSR count). The Kier molecular flexibility index (Phi) is 7.04. The quantitative estimate of drug-likeness (QED) is 0.690. The normalized spacial score (nSPS) is 19.0. The van der Waals surface area contributed by atoms with Crippen molar-refractivity contribution in [2.24, 2.45) is 0 Å². The number of benzene rings is 1. The summed E-state index contributed by atoms with van der Waals surface area (Å²) in [5.41, 5.74) is 0.325. The molecule has 1 heterocycles. The second-order valence-corrected chi connectivity index (χ2v) is 9.43. The average Bonchev–Trinajstić information content (AvgIpc) is 2.80. The molecule has 0 radical (unpaired) electrons. The van der Waals surface area contributed by atoms with Crippen molar-refractivity contribution in [3.63, 3.8) is 0 Å². The van der Waals surface area contributed by atoms with Crippen LogP contribution in [-0.2, 0) is 18.8 Å². The van der Waals surface area contributed by atoms with Crippen LogP contribution < -0.4 is 10.8 Å². The lowest BCUT2D eigenvalue weighted by Crippen LogP contribution is -2.43. The molecule has 7 nitrogen and oxygen atoms in total. The summed E-state index contributed by atoms with van der Waals surface area (Å²) in [7, 11) is -0.428. The number of carboxylic acid groups (broad SMARTS) is 1. The highest BCUT2D eigenvalue weighted by molar-refractivity contribution is 6.62. The van der Waals surface area contributed by atoms with Crippen LogP contribution in [0.2, 0.25) is 0 Å². The van der Waals surface area contributed by atoms with E-state index in [1.807, 2.05) is 52.0 Å². The number of hydrogen-bond donors (Lipinski definition) is 2. The number of amides is 1.